The van der Waals surface area contributed by atoms with Crippen molar-refractivity contribution in [3.8, 4) is 5.75 Å². The molecule has 0 amide bonds. The summed E-state index contributed by atoms with van der Waals surface area (Å²) >= 11 is 6.13. The first-order valence-electron chi connectivity index (χ1n) is 8.16. The van der Waals surface area contributed by atoms with Crippen LogP contribution in [0.1, 0.15) is 24.5 Å². The Labute approximate surface area is 168 Å². The highest BCUT2D eigenvalue weighted by atomic mass is 35.5. The molecule has 0 heterocycles. The van der Waals surface area contributed by atoms with E-state index in [2.05, 4.69) is 29.7 Å². The average molecular weight is 406 g/mol. The van der Waals surface area contributed by atoms with Crippen molar-refractivity contribution in [1.29, 1.82) is 0 Å². The quantitative estimate of drug-likeness (QED) is 0.554. The number of ether oxygens (including phenoxy) is 1. The Morgan fingerprint density at radius 2 is 1.60 bits per heavy atom. The average Bonchev–Trinajstić information content (AvgIpc) is 2.58. The molecule has 0 aliphatic rings. The fourth-order valence-corrected chi connectivity index (χ4v) is 2.42. The van der Waals surface area contributed by atoms with E-state index in [-0.39, 0.29) is 24.8 Å². The van der Waals surface area contributed by atoms with Gasteiger partial charge >= 0.3 is 0 Å². The topological polar surface area (TPSA) is 33.3 Å². The van der Waals surface area contributed by atoms with Crippen molar-refractivity contribution >= 4 is 36.4 Å². The molecule has 0 bridgehead atoms. The van der Waals surface area contributed by atoms with Crippen LogP contribution in [0.3, 0.4) is 0 Å². The molecule has 0 aliphatic heterocycles. The van der Waals surface area contributed by atoms with Gasteiger partial charge in [0.05, 0.1) is 0 Å². The Morgan fingerprint density at radius 1 is 0.920 bits per heavy atom. The van der Waals surface area contributed by atoms with Gasteiger partial charge in [-0.2, -0.15) is 0 Å². The summed E-state index contributed by atoms with van der Waals surface area (Å²) in [6, 6.07) is 16.0. The summed E-state index contributed by atoms with van der Waals surface area (Å²) in [5, 5.41) is 7.51. The van der Waals surface area contributed by atoms with Gasteiger partial charge in [0.2, 0.25) is 0 Å². The molecule has 2 aromatic carbocycles. The van der Waals surface area contributed by atoms with Crippen LogP contribution in [-0.4, -0.2) is 19.6 Å². The van der Waals surface area contributed by atoms with Crippen LogP contribution in [0.5, 0.6) is 5.75 Å². The number of hydrogen-bond donors (Lipinski definition) is 2. The third-order valence-electron chi connectivity index (χ3n) is 3.56. The first-order chi connectivity index (χ1) is 11.3. The van der Waals surface area contributed by atoms with Crippen LogP contribution < -0.4 is 15.4 Å². The van der Waals surface area contributed by atoms with Crippen LogP contribution in [-0.2, 0) is 13.2 Å². The molecule has 0 atom stereocenters. The monoisotopic (exact) mass is 404 g/mol. The summed E-state index contributed by atoms with van der Waals surface area (Å²) in [4.78, 5) is 0. The molecule has 2 aromatic rings. The Kier molecular flexibility index (Phi) is 13.7. The van der Waals surface area contributed by atoms with Gasteiger partial charge in [0, 0.05) is 17.1 Å². The van der Waals surface area contributed by atoms with E-state index in [0.29, 0.717) is 6.61 Å². The van der Waals surface area contributed by atoms with E-state index in [1.54, 1.807) is 0 Å². The lowest BCUT2D eigenvalue weighted by Gasteiger charge is -2.09. The molecule has 3 nitrogen and oxygen atoms in total. The first-order valence-corrected chi connectivity index (χ1v) is 8.54. The molecule has 2 rings (SSSR count). The summed E-state index contributed by atoms with van der Waals surface area (Å²) in [6.45, 7) is 6.63. The van der Waals surface area contributed by atoms with Crippen molar-refractivity contribution in [3.05, 3.63) is 64.7 Å². The molecular formula is C19H27Cl3N2O. The Bertz CT molecular complexity index is 579. The fraction of sp³-hybridized carbons (Fsp3) is 0.368. The standard InChI is InChI=1S/C19H25ClN2O.2ClH/c1-2-21-12-5-13-22-14-16-8-10-18(11-9-16)23-15-17-6-3-4-7-19(17)20;;/h3-4,6-11,21-22H,2,5,12-15H2,1H3;2*1H. The predicted molar refractivity (Wildman–Crippen MR) is 112 cm³/mol. The second-order valence-corrected chi connectivity index (χ2v) is 5.82. The van der Waals surface area contributed by atoms with Gasteiger partial charge in [-0.1, -0.05) is 48.9 Å². The van der Waals surface area contributed by atoms with Crippen molar-refractivity contribution in [2.24, 2.45) is 0 Å². The van der Waals surface area contributed by atoms with Gasteiger partial charge in [0.25, 0.3) is 0 Å². The summed E-state index contributed by atoms with van der Waals surface area (Å²) < 4.78 is 5.78. The SMILES string of the molecule is CCNCCCNCc1ccc(OCc2ccccc2Cl)cc1.Cl.Cl. The number of benzene rings is 2. The van der Waals surface area contributed by atoms with E-state index in [1.165, 1.54) is 5.56 Å². The van der Waals surface area contributed by atoms with Crippen molar-refractivity contribution in [3.63, 3.8) is 0 Å². The largest absolute Gasteiger partial charge is 0.489 e. The van der Waals surface area contributed by atoms with Crippen molar-refractivity contribution < 1.29 is 4.74 Å². The van der Waals surface area contributed by atoms with Gasteiger partial charge in [-0.25, -0.2) is 0 Å². The lowest BCUT2D eigenvalue weighted by atomic mass is 10.2. The van der Waals surface area contributed by atoms with Gasteiger partial charge in [-0.15, -0.1) is 24.8 Å². The molecule has 2 N–H and O–H groups in total. The minimum Gasteiger partial charge on any atom is -0.489 e. The molecule has 0 spiro atoms. The Hall–Kier alpha value is -0.970. The second-order valence-electron chi connectivity index (χ2n) is 5.41. The Morgan fingerprint density at radius 3 is 2.28 bits per heavy atom. The van der Waals surface area contributed by atoms with Crippen LogP contribution in [0.15, 0.2) is 48.5 Å². The smallest absolute Gasteiger partial charge is 0.119 e. The molecule has 140 valence electrons. The van der Waals surface area contributed by atoms with Crippen molar-refractivity contribution in [1.82, 2.24) is 10.6 Å². The van der Waals surface area contributed by atoms with Gasteiger partial charge in [-0.3, -0.25) is 0 Å². The molecule has 0 aliphatic carbocycles. The van der Waals surface area contributed by atoms with E-state index in [0.717, 1.165) is 48.9 Å². The maximum Gasteiger partial charge on any atom is 0.119 e. The van der Waals surface area contributed by atoms with E-state index in [4.69, 9.17) is 16.3 Å². The molecule has 0 aromatic heterocycles. The number of nitrogens with one attached hydrogen (secondary N) is 2. The molecular weight excluding hydrogens is 379 g/mol. The molecule has 0 fully saturated rings. The summed E-state index contributed by atoms with van der Waals surface area (Å²) in [7, 11) is 0. The zero-order chi connectivity index (χ0) is 16.3. The van der Waals surface area contributed by atoms with Gasteiger partial charge < -0.3 is 15.4 Å². The maximum absolute atomic E-state index is 6.13. The van der Waals surface area contributed by atoms with E-state index < -0.39 is 0 Å². The van der Waals surface area contributed by atoms with Crippen LogP contribution in [0.25, 0.3) is 0 Å². The van der Waals surface area contributed by atoms with Crippen molar-refractivity contribution in [2.45, 2.75) is 26.5 Å². The highest BCUT2D eigenvalue weighted by Crippen LogP contribution is 2.18. The fourth-order valence-electron chi connectivity index (χ4n) is 2.23. The lowest BCUT2D eigenvalue weighted by molar-refractivity contribution is 0.306. The first kappa shape index (κ1) is 24.0. The molecule has 6 heteroatoms. The van der Waals surface area contributed by atoms with Gasteiger partial charge in [-0.05, 0) is 49.8 Å². The third kappa shape index (κ3) is 9.34. The highest BCUT2D eigenvalue weighted by Gasteiger charge is 2.01. The molecule has 0 unspecified atom stereocenters. The number of rotatable bonds is 10. The summed E-state index contributed by atoms with van der Waals surface area (Å²) in [6.07, 6.45) is 1.15. The van der Waals surface area contributed by atoms with E-state index in [9.17, 15) is 0 Å². The normalized spacial score (nSPS) is 9.84. The minimum atomic E-state index is 0. The molecule has 0 saturated heterocycles. The van der Waals surface area contributed by atoms with Crippen LogP contribution in [0, 0.1) is 0 Å². The summed E-state index contributed by atoms with van der Waals surface area (Å²) in [5.74, 6) is 0.862. The van der Waals surface area contributed by atoms with E-state index >= 15 is 0 Å². The zero-order valence-electron chi connectivity index (χ0n) is 14.5. The van der Waals surface area contributed by atoms with Gasteiger partial charge in [0.1, 0.15) is 12.4 Å². The van der Waals surface area contributed by atoms with Crippen LogP contribution >= 0.6 is 36.4 Å². The van der Waals surface area contributed by atoms with E-state index in [1.807, 2.05) is 36.4 Å². The maximum atomic E-state index is 6.13. The Balaban J connectivity index is 0.00000288. The highest BCUT2D eigenvalue weighted by molar-refractivity contribution is 6.31. The van der Waals surface area contributed by atoms with Crippen LogP contribution in [0.2, 0.25) is 5.02 Å². The lowest BCUT2D eigenvalue weighted by Crippen LogP contribution is -2.21. The number of halogens is 3. The zero-order valence-corrected chi connectivity index (χ0v) is 16.9. The van der Waals surface area contributed by atoms with Crippen LogP contribution in [0.4, 0.5) is 0 Å². The second kappa shape index (κ2) is 14.2. The molecule has 0 radical (unpaired) electrons. The third-order valence-corrected chi connectivity index (χ3v) is 3.93. The molecule has 0 saturated carbocycles. The summed E-state index contributed by atoms with van der Waals surface area (Å²) in [5.41, 5.74) is 2.26. The number of hydrogen-bond acceptors (Lipinski definition) is 3. The predicted octanol–water partition coefficient (Wildman–Crippen LogP) is 4.85. The van der Waals surface area contributed by atoms with Crippen molar-refractivity contribution in [2.75, 3.05) is 19.6 Å². The van der Waals surface area contributed by atoms with Gasteiger partial charge in [0.15, 0.2) is 0 Å². The minimum absolute atomic E-state index is 0. The molecule has 25 heavy (non-hydrogen) atoms.